The van der Waals surface area contributed by atoms with Crippen molar-refractivity contribution in [2.75, 3.05) is 0 Å². The number of fused-ring (bicyclic) bond motifs is 3. The van der Waals surface area contributed by atoms with Crippen LogP contribution in [0.1, 0.15) is 133 Å². The summed E-state index contributed by atoms with van der Waals surface area (Å²) < 4.78 is 1.75. The number of allylic oxidation sites excluding steroid dienone is 4. The van der Waals surface area contributed by atoms with Gasteiger partial charge in [0.1, 0.15) is 0 Å². The normalized spacial score (nSPS) is 14.1. The first kappa shape index (κ1) is 44.3. The number of aryl methyl sites for hydroxylation is 2. The van der Waals surface area contributed by atoms with E-state index in [-0.39, 0.29) is 10.8 Å². The second-order valence-corrected chi connectivity index (χ2v) is 20.2. The molecule has 0 unspecified atom stereocenters. The molecule has 0 aliphatic heterocycles. The van der Waals surface area contributed by atoms with Crippen molar-refractivity contribution >= 4 is 24.8 Å². The number of hydrogen-bond acceptors (Lipinski definition) is 0. The summed E-state index contributed by atoms with van der Waals surface area (Å²) in [7, 11) is 0. The smallest absolute Gasteiger partial charge is 0.0238 e. The average molecular weight is 918 g/mol. The third-order valence-corrected chi connectivity index (χ3v) is 13.8. The maximum atomic E-state index is 2.99. The van der Waals surface area contributed by atoms with E-state index in [1.54, 1.807) is 3.26 Å². The van der Waals surface area contributed by atoms with Crippen molar-refractivity contribution in [3.05, 3.63) is 185 Å². The van der Waals surface area contributed by atoms with Gasteiger partial charge >= 0.3 is 120 Å². The van der Waals surface area contributed by atoms with Crippen molar-refractivity contribution in [1.82, 2.24) is 0 Å². The zero-order chi connectivity index (χ0) is 40.8. The molecule has 57 heavy (non-hydrogen) atoms. The standard InChI is InChI=1S/C21H25.C16H22.C14H14.C5H5.Hf/c1-20(2,3)16-7-9-18-14(12-16)11-15-13-17(21(4,5)6)8-10-19(15)18;1-13(2)16-10-8-15(9-11-16)12-14-6-4-3-5-7-14;1-3-7-13(8-4-1)11-12-14-9-5-2-6-10-14;1-2-4-5-3-1;/h7-13H,1-6H3;8-11,13-14H,3-7H2,1-2H3;1-10H,11-12H2;1-3H,4H2;/q-1;;;-1;+2. The summed E-state index contributed by atoms with van der Waals surface area (Å²) in [5.41, 5.74) is 9.03. The van der Waals surface area contributed by atoms with Gasteiger partial charge in [-0.15, -0.1) is 46.2 Å². The average Bonchev–Trinajstić information content (AvgIpc) is 3.93. The molecule has 0 radical (unpaired) electrons. The molecule has 1 fully saturated rings. The molecule has 0 nitrogen and oxygen atoms in total. The SMILES string of the molecule is CC(C)(C)c1ccc2c(c1)[cH-]c1cc(C(C)(C)C)ccc12.CC(C)c1ccc([C](=[Hf+2])C2CCCCC2)cc1.[C-]1=CC=CC1.c1ccc(CCc2ccccc2)cc1. The molecule has 1 heteroatoms. The van der Waals surface area contributed by atoms with Crippen molar-refractivity contribution in [1.29, 1.82) is 0 Å². The van der Waals surface area contributed by atoms with E-state index in [1.807, 2.05) is 12.2 Å². The molecule has 0 aromatic heterocycles. The van der Waals surface area contributed by atoms with Crippen molar-refractivity contribution in [3.63, 3.8) is 0 Å². The molecular formula is C56H66Hf. The Hall–Kier alpha value is -3.81. The van der Waals surface area contributed by atoms with Gasteiger partial charge in [0.15, 0.2) is 0 Å². The Labute approximate surface area is 360 Å². The third-order valence-electron chi connectivity index (χ3n) is 11.3. The van der Waals surface area contributed by atoms with Crippen molar-refractivity contribution < 1.29 is 23.9 Å². The summed E-state index contributed by atoms with van der Waals surface area (Å²) in [6.45, 7) is 18.2. The molecule has 6 aromatic rings. The van der Waals surface area contributed by atoms with Crippen molar-refractivity contribution in [2.24, 2.45) is 5.92 Å². The Morgan fingerprint density at radius 2 is 1.14 bits per heavy atom. The largest absolute Gasteiger partial charge is 0.273 e. The monoisotopic (exact) mass is 918 g/mol. The molecule has 0 saturated heterocycles. The van der Waals surface area contributed by atoms with Gasteiger partial charge in [-0.1, -0.05) is 138 Å². The van der Waals surface area contributed by atoms with Gasteiger partial charge in [-0.3, -0.25) is 6.08 Å². The fourth-order valence-electron chi connectivity index (χ4n) is 7.55. The van der Waals surface area contributed by atoms with E-state index < -0.39 is 0 Å². The Bertz CT molecular complexity index is 2050. The van der Waals surface area contributed by atoms with Gasteiger partial charge in [-0.2, -0.15) is 6.08 Å². The van der Waals surface area contributed by atoms with Gasteiger partial charge in [0.25, 0.3) is 0 Å². The quantitative estimate of drug-likeness (QED) is 0.115. The molecule has 294 valence electrons. The molecule has 8 rings (SSSR count). The fraction of sp³-hybridized carbons (Fsp3) is 0.357. The van der Waals surface area contributed by atoms with Crippen LogP contribution in [0.15, 0.2) is 146 Å². The van der Waals surface area contributed by atoms with Crippen LogP contribution in [-0.4, -0.2) is 3.26 Å². The van der Waals surface area contributed by atoms with E-state index in [1.165, 1.54) is 111 Å². The molecule has 0 spiro atoms. The van der Waals surface area contributed by atoms with E-state index in [9.17, 15) is 0 Å². The second-order valence-electron chi connectivity index (χ2n) is 18.2. The van der Waals surface area contributed by atoms with Gasteiger partial charge < -0.3 is 0 Å². The van der Waals surface area contributed by atoms with Crippen LogP contribution in [0, 0.1) is 12.0 Å². The van der Waals surface area contributed by atoms with Crippen LogP contribution in [-0.2, 0) is 47.6 Å². The van der Waals surface area contributed by atoms with E-state index in [0.717, 1.165) is 25.2 Å². The number of hydrogen-bond donors (Lipinski definition) is 0. The molecule has 0 amide bonds. The van der Waals surface area contributed by atoms with Crippen LogP contribution in [0.25, 0.3) is 21.5 Å². The predicted molar refractivity (Wildman–Crippen MR) is 248 cm³/mol. The van der Waals surface area contributed by atoms with Gasteiger partial charge in [-0.25, -0.2) is 12.2 Å². The van der Waals surface area contributed by atoms with Crippen molar-refractivity contribution in [2.45, 2.75) is 124 Å². The summed E-state index contributed by atoms with van der Waals surface area (Å²) in [5, 5.41) is 5.48. The minimum absolute atomic E-state index is 0.203. The van der Waals surface area contributed by atoms with Crippen LogP contribution >= 0.6 is 0 Å². The molecule has 6 aromatic carbocycles. The topological polar surface area (TPSA) is 0 Å². The second kappa shape index (κ2) is 21.3. The van der Waals surface area contributed by atoms with Crippen LogP contribution in [0.4, 0.5) is 0 Å². The van der Waals surface area contributed by atoms with E-state index in [4.69, 9.17) is 0 Å². The Morgan fingerprint density at radius 1 is 0.649 bits per heavy atom. The van der Waals surface area contributed by atoms with Crippen LogP contribution in [0.3, 0.4) is 0 Å². The van der Waals surface area contributed by atoms with Crippen molar-refractivity contribution in [3.8, 4) is 0 Å². The molecule has 1 saturated carbocycles. The van der Waals surface area contributed by atoms with Crippen LogP contribution < -0.4 is 0 Å². The van der Waals surface area contributed by atoms with Crippen LogP contribution in [0.2, 0.25) is 0 Å². The third kappa shape index (κ3) is 13.6. The molecule has 2 aliphatic carbocycles. The first-order valence-electron chi connectivity index (χ1n) is 21.4. The maximum Gasteiger partial charge on any atom is -0.0238 e. The molecule has 0 bridgehead atoms. The Morgan fingerprint density at radius 3 is 1.53 bits per heavy atom. The molecule has 0 atom stereocenters. The predicted octanol–water partition coefficient (Wildman–Crippen LogP) is 15.5. The number of benzene rings is 5. The van der Waals surface area contributed by atoms with E-state index in [0.29, 0.717) is 5.92 Å². The van der Waals surface area contributed by atoms with E-state index in [2.05, 4.69) is 195 Å². The van der Waals surface area contributed by atoms with Gasteiger partial charge in [0, 0.05) is 0 Å². The summed E-state index contributed by atoms with van der Waals surface area (Å²) in [6, 6.07) is 46.8. The minimum atomic E-state index is 0.203. The summed E-state index contributed by atoms with van der Waals surface area (Å²) in [6.07, 6.45) is 19.5. The first-order valence-corrected chi connectivity index (χ1v) is 23.2. The first-order chi connectivity index (χ1) is 27.3. The summed E-state index contributed by atoms with van der Waals surface area (Å²) >= 11 is 1.23. The van der Waals surface area contributed by atoms with Gasteiger partial charge in [0.05, 0.1) is 0 Å². The van der Waals surface area contributed by atoms with Gasteiger partial charge in [-0.05, 0) is 34.8 Å². The fourth-order valence-corrected chi connectivity index (χ4v) is 9.18. The molecule has 0 N–H and O–H groups in total. The Kier molecular flexibility index (Phi) is 16.5. The zero-order valence-electron chi connectivity index (χ0n) is 36.2. The molecule has 0 heterocycles. The summed E-state index contributed by atoms with van der Waals surface area (Å²) in [4.78, 5) is 0. The number of rotatable bonds is 6. The molecular weight excluding hydrogens is 851 g/mol. The zero-order valence-corrected chi connectivity index (χ0v) is 39.8. The minimum Gasteiger partial charge on any atom is -0.273 e. The van der Waals surface area contributed by atoms with Crippen LogP contribution in [0.5, 0.6) is 0 Å². The molecule has 2 aliphatic rings. The maximum absolute atomic E-state index is 2.99. The Balaban J connectivity index is 0.000000156. The summed E-state index contributed by atoms with van der Waals surface area (Å²) in [5.74, 6) is 1.55. The van der Waals surface area contributed by atoms with Gasteiger partial charge in [0.2, 0.25) is 0 Å². The van der Waals surface area contributed by atoms with E-state index >= 15 is 0 Å².